The Labute approximate surface area is 90.1 Å². The summed E-state index contributed by atoms with van der Waals surface area (Å²) in [4.78, 5) is 0. The first-order valence-corrected chi connectivity index (χ1v) is 4.60. The molecular weight excluding hydrogens is 227 g/mol. The molecular formula is C11H11F5. The Morgan fingerprint density at radius 2 is 1.25 bits per heavy atom. The maximum absolute atomic E-state index is 13.2. The minimum absolute atomic E-state index is 0.190. The van der Waals surface area contributed by atoms with Crippen LogP contribution in [0.2, 0.25) is 0 Å². The molecule has 0 atom stereocenters. The average Bonchev–Trinajstić information content (AvgIpc) is 1.97. The molecule has 16 heavy (non-hydrogen) atoms. The fourth-order valence-electron chi connectivity index (χ4n) is 1.28. The highest BCUT2D eigenvalue weighted by Crippen LogP contribution is 2.35. The summed E-state index contributed by atoms with van der Waals surface area (Å²) in [6.07, 6.45) is -5.01. The lowest BCUT2D eigenvalue weighted by Crippen LogP contribution is -2.16. The molecule has 0 nitrogen and oxygen atoms in total. The standard InChI is InChI=1S/C11H11F5/c1-10(2,3)6-4-7(12)9(8(13)5-6)11(14,15)16/h4-5H,1-3H3. The van der Waals surface area contributed by atoms with Gasteiger partial charge in [0.1, 0.15) is 17.2 Å². The first kappa shape index (κ1) is 12.9. The number of hydrogen-bond donors (Lipinski definition) is 0. The first-order chi connectivity index (χ1) is 7.03. The molecule has 1 aromatic carbocycles. The van der Waals surface area contributed by atoms with Crippen molar-refractivity contribution < 1.29 is 22.0 Å². The average molecular weight is 238 g/mol. The van der Waals surface area contributed by atoms with Gasteiger partial charge < -0.3 is 0 Å². The van der Waals surface area contributed by atoms with E-state index in [9.17, 15) is 22.0 Å². The lowest BCUT2D eigenvalue weighted by molar-refractivity contribution is -0.142. The molecule has 0 aromatic heterocycles. The van der Waals surface area contributed by atoms with Crippen molar-refractivity contribution in [3.05, 3.63) is 34.9 Å². The Morgan fingerprint density at radius 3 is 1.50 bits per heavy atom. The monoisotopic (exact) mass is 238 g/mol. The first-order valence-electron chi connectivity index (χ1n) is 4.60. The Hall–Kier alpha value is -1.13. The Kier molecular flexibility index (Phi) is 3.00. The van der Waals surface area contributed by atoms with Crippen LogP contribution in [0.1, 0.15) is 31.9 Å². The summed E-state index contributed by atoms with van der Waals surface area (Å²) in [5.74, 6) is -3.14. The summed E-state index contributed by atoms with van der Waals surface area (Å²) in [6, 6.07) is 1.46. The molecule has 0 aliphatic carbocycles. The molecule has 5 heteroatoms. The molecule has 0 radical (unpaired) electrons. The molecule has 0 heterocycles. The van der Waals surface area contributed by atoms with Crippen molar-refractivity contribution in [3.63, 3.8) is 0 Å². The van der Waals surface area contributed by atoms with E-state index in [1.165, 1.54) is 0 Å². The van der Waals surface area contributed by atoms with Crippen LogP contribution in [0.3, 0.4) is 0 Å². The maximum Gasteiger partial charge on any atom is 0.422 e. The third-order valence-corrected chi connectivity index (χ3v) is 2.19. The van der Waals surface area contributed by atoms with Gasteiger partial charge in [0.15, 0.2) is 0 Å². The van der Waals surface area contributed by atoms with Crippen LogP contribution in [0.5, 0.6) is 0 Å². The molecule has 0 bridgehead atoms. The number of rotatable bonds is 0. The van der Waals surface area contributed by atoms with E-state index in [2.05, 4.69) is 0 Å². The van der Waals surface area contributed by atoms with Crippen LogP contribution >= 0.6 is 0 Å². The molecule has 0 saturated heterocycles. The van der Waals surface area contributed by atoms with Gasteiger partial charge in [0.25, 0.3) is 0 Å². The summed E-state index contributed by atoms with van der Waals surface area (Å²) in [5, 5.41) is 0. The van der Waals surface area contributed by atoms with Crippen molar-refractivity contribution in [2.75, 3.05) is 0 Å². The highest BCUT2D eigenvalue weighted by molar-refractivity contribution is 5.32. The molecule has 0 saturated carbocycles. The van der Waals surface area contributed by atoms with Crippen LogP contribution < -0.4 is 0 Å². The van der Waals surface area contributed by atoms with Gasteiger partial charge in [-0.25, -0.2) is 8.78 Å². The summed E-state index contributed by atoms with van der Waals surface area (Å²) < 4.78 is 63.1. The molecule has 1 aromatic rings. The minimum atomic E-state index is -5.01. The largest absolute Gasteiger partial charge is 0.422 e. The van der Waals surface area contributed by atoms with Gasteiger partial charge >= 0.3 is 6.18 Å². The third-order valence-electron chi connectivity index (χ3n) is 2.19. The second kappa shape index (κ2) is 3.71. The molecule has 0 spiro atoms. The highest BCUT2D eigenvalue weighted by Gasteiger charge is 2.38. The van der Waals surface area contributed by atoms with Gasteiger partial charge in [0.05, 0.1) is 0 Å². The van der Waals surface area contributed by atoms with E-state index < -0.39 is 28.8 Å². The predicted molar refractivity (Wildman–Crippen MR) is 50.1 cm³/mol. The fraction of sp³-hybridized carbons (Fsp3) is 0.455. The normalized spacial score (nSPS) is 13.0. The summed E-state index contributed by atoms with van der Waals surface area (Å²) >= 11 is 0. The Balaban J connectivity index is 3.41. The van der Waals surface area contributed by atoms with E-state index in [1.807, 2.05) is 0 Å². The molecule has 0 amide bonds. The number of benzene rings is 1. The summed E-state index contributed by atoms with van der Waals surface area (Å²) in [7, 11) is 0. The molecule has 0 aliphatic heterocycles. The van der Waals surface area contributed by atoms with Crippen LogP contribution in [0.4, 0.5) is 22.0 Å². The number of alkyl halides is 3. The topological polar surface area (TPSA) is 0 Å². The molecule has 0 N–H and O–H groups in total. The van der Waals surface area contributed by atoms with Crippen molar-refractivity contribution in [1.82, 2.24) is 0 Å². The van der Waals surface area contributed by atoms with Gasteiger partial charge in [-0.15, -0.1) is 0 Å². The Morgan fingerprint density at radius 1 is 0.875 bits per heavy atom. The lowest BCUT2D eigenvalue weighted by atomic mass is 9.86. The van der Waals surface area contributed by atoms with Crippen LogP contribution in [-0.2, 0) is 11.6 Å². The van der Waals surface area contributed by atoms with Gasteiger partial charge in [0, 0.05) is 0 Å². The van der Waals surface area contributed by atoms with E-state index in [4.69, 9.17) is 0 Å². The fourth-order valence-corrected chi connectivity index (χ4v) is 1.28. The zero-order chi connectivity index (χ0) is 12.7. The summed E-state index contributed by atoms with van der Waals surface area (Å²) in [6.45, 7) is 4.98. The van der Waals surface area contributed by atoms with Crippen molar-refractivity contribution in [3.8, 4) is 0 Å². The smallest absolute Gasteiger partial charge is 0.206 e. The van der Waals surface area contributed by atoms with E-state index in [0.29, 0.717) is 0 Å². The second-order valence-corrected chi connectivity index (χ2v) is 4.56. The van der Waals surface area contributed by atoms with Crippen molar-refractivity contribution in [2.24, 2.45) is 0 Å². The second-order valence-electron chi connectivity index (χ2n) is 4.56. The van der Waals surface area contributed by atoms with Gasteiger partial charge in [-0.3, -0.25) is 0 Å². The minimum Gasteiger partial charge on any atom is -0.206 e. The van der Waals surface area contributed by atoms with Crippen LogP contribution in [0.25, 0.3) is 0 Å². The number of halogens is 5. The molecule has 90 valence electrons. The Bertz CT molecular complexity index is 375. The SMILES string of the molecule is CC(C)(C)c1cc(F)c(C(F)(F)F)c(F)c1. The van der Waals surface area contributed by atoms with Gasteiger partial charge in [-0.1, -0.05) is 20.8 Å². The van der Waals surface area contributed by atoms with Gasteiger partial charge in [0.2, 0.25) is 0 Å². The maximum atomic E-state index is 13.2. The quantitative estimate of drug-likeness (QED) is 0.592. The van der Waals surface area contributed by atoms with Crippen LogP contribution in [-0.4, -0.2) is 0 Å². The lowest BCUT2D eigenvalue weighted by Gasteiger charge is -2.20. The molecule has 0 unspecified atom stereocenters. The number of hydrogen-bond acceptors (Lipinski definition) is 0. The van der Waals surface area contributed by atoms with E-state index in [0.717, 1.165) is 12.1 Å². The van der Waals surface area contributed by atoms with E-state index in [-0.39, 0.29) is 5.56 Å². The van der Waals surface area contributed by atoms with E-state index in [1.54, 1.807) is 20.8 Å². The van der Waals surface area contributed by atoms with Crippen LogP contribution in [0, 0.1) is 11.6 Å². The zero-order valence-corrected chi connectivity index (χ0v) is 9.04. The summed E-state index contributed by atoms with van der Waals surface area (Å²) in [5.41, 5.74) is -2.25. The van der Waals surface area contributed by atoms with Crippen molar-refractivity contribution >= 4 is 0 Å². The van der Waals surface area contributed by atoms with Crippen LogP contribution in [0.15, 0.2) is 12.1 Å². The van der Waals surface area contributed by atoms with Gasteiger partial charge in [-0.05, 0) is 23.1 Å². The third kappa shape index (κ3) is 2.51. The predicted octanol–water partition coefficient (Wildman–Crippen LogP) is 4.28. The van der Waals surface area contributed by atoms with Gasteiger partial charge in [-0.2, -0.15) is 13.2 Å². The van der Waals surface area contributed by atoms with Crippen molar-refractivity contribution in [2.45, 2.75) is 32.4 Å². The zero-order valence-electron chi connectivity index (χ0n) is 9.04. The molecule has 1 rings (SSSR count). The van der Waals surface area contributed by atoms with Crippen molar-refractivity contribution in [1.29, 1.82) is 0 Å². The molecule has 0 fully saturated rings. The van der Waals surface area contributed by atoms with E-state index >= 15 is 0 Å². The molecule has 0 aliphatic rings. The highest BCUT2D eigenvalue weighted by atomic mass is 19.4.